The van der Waals surface area contributed by atoms with E-state index in [0.717, 1.165) is 60.8 Å². The Bertz CT molecular complexity index is 1540. The first-order valence-electron chi connectivity index (χ1n) is 15.8. The first-order chi connectivity index (χ1) is 21.8. The van der Waals surface area contributed by atoms with Crippen LogP contribution < -0.4 is 4.74 Å². The van der Waals surface area contributed by atoms with Gasteiger partial charge in [0, 0.05) is 0 Å². The summed E-state index contributed by atoms with van der Waals surface area (Å²) >= 11 is 0. The third kappa shape index (κ3) is 9.64. The van der Waals surface area contributed by atoms with Crippen LogP contribution in [0, 0.1) is 0 Å². The molecule has 0 aromatic heterocycles. The van der Waals surface area contributed by atoms with Crippen molar-refractivity contribution < 1.29 is 28.6 Å². The highest BCUT2D eigenvalue weighted by atomic mass is 16.5. The Morgan fingerprint density at radius 3 is 1.13 bits per heavy atom. The van der Waals surface area contributed by atoms with Gasteiger partial charge < -0.3 is 14.2 Å². The Kier molecular flexibility index (Phi) is 12.1. The molecule has 0 aliphatic rings. The number of carbonyl (C=O) groups is 3. The minimum Gasteiger partial charge on any atom is -0.459 e. The molecular formula is C39H42O6. The van der Waals surface area contributed by atoms with Crippen LogP contribution in [0.1, 0.15) is 97.3 Å². The Balaban J connectivity index is 1.31. The van der Waals surface area contributed by atoms with Crippen LogP contribution in [0.4, 0.5) is 0 Å². The fourth-order valence-corrected chi connectivity index (χ4v) is 4.88. The SMILES string of the molecule is CCCC[C@H](C)OC(=O)c1ccc(-c2ccc(OC(=O)c3ccc(-c4ccc(C(=O)O[C@@H](C)CCCC)cc4)cc3)cc2)cc1. The second-order valence-corrected chi connectivity index (χ2v) is 11.4. The van der Waals surface area contributed by atoms with Gasteiger partial charge in [-0.05, 0) is 97.5 Å². The number of hydrogen-bond acceptors (Lipinski definition) is 6. The molecule has 0 aliphatic heterocycles. The Hall–Kier alpha value is -4.71. The summed E-state index contributed by atoms with van der Waals surface area (Å²) in [6, 6.07) is 28.9. The fourth-order valence-electron chi connectivity index (χ4n) is 4.88. The van der Waals surface area contributed by atoms with Gasteiger partial charge in [-0.15, -0.1) is 0 Å². The minimum absolute atomic E-state index is 0.106. The predicted molar refractivity (Wildman–Crippen MR) is 178 cm³/mol. The molecule has 0 fully saturated rings. The average Bonchev–Trinajstić information content (AvgIpc) is 3.07. The molecule has 0 unspecified atom stereocenters. The molecule has 2 atom stereocenters. The van der Waals surface area contributed by atoms with Crippen molar-refractivity contribution in [3.05, 3.63) is 114 Å². The molecule has 6 heteroatoms. The zero-order chi connectivity index (χ0) is 32.2. The first kappa shape index (κ1) is 33.2. The third-order valence-corrected chi connectivity index (χ3v) is 7.64. The van der Waals surface area contributed by atoms with Crippen molar-refractivity contribution in [2.45, 2.75) is 78.4 Å². The van der Waals surface area contributed by atoms with Crippen LogP contribution in [0.25, 0.3) is 22.3 Å². The Morgan fingerprint density at radius 2 is 0.800 bits per heavy atom. The van der Waals surface area contributed by atoms with E-state index in [1.807, 2.05) is 62.4 Å². The second kappa shape index (κ2) is 16.4. The highest BCUT2D eigenvalue weighted by Crippen LogP contribution is 2.25. The number of esters is 3. The molecule has 0 saturated carbocycles. The van der Waals surface area contributed by atoms with Gasteiger partial charge in [0.1, 0.15) is 5.75 Å². The summed E-state index contributed by atoms with van der Waals surface area (Å²) in [5, 5.41) is 0. The normalized spacial score (nSPS) is 12.2. The van der Waals surface area contributed by atoms with Crippen molar-refractivity contribution >= 4 is 17.9 Å². The molecule has 0 radical (unpaired) electrons. The molecule has 4 rings (SSSR count). The lowest BCUT2D eigenvalue weighted by atomic mass is 10.0. The van der Waals surface area contributed by atoms with Crippen LogP contribution in [0.15, 0.2) is 97.1 Å². The van der Waals surface area contributed by atoms with Crippen LogP contribution in [-0.2, 0) is 9.47 Å². The summed E-state index contributed by atoms with van der Waals surface area (Å²) in [6.45, 7) is 8.07. The predicted octanol–water partition coefficient (Wildman–Crippen LogP) is 9.71. The number of benzene rings is 4. The van der Waals surface area contributed by atoms with Crippen molar-refractivity contribution in [2.24, 2.45) is 0 Å². The molecule has 0 N–H and O–H groups in total. The maximum atomic E-state index is 12.8. The number of carbonyl (C=O) groups excluding carboxylic acids is 3. The number of hydrogen-bond donors (Lipinski definition) is 0. The van der Waals surface area contributed by atoms with Gasteiger partial charge in [0.05, 0.1) is 28.9 Å². The quantitative estimate of drug-likeness (QED) is 0.105. The summed E-state index contributed by atoms with van der Waals surface area (Å²) in [5.74, 6) is -0.664. The number of ether oxygens (including phenoxy) is 3. The topological polar surface area (TPSA) is 78.9 Å². The summed E-state index contributed by atoms with van der Waals surface area (Å²) in [5.41, 5.74) is 5.16. The van der Waals surface area contributed by atoms with Crippen molar-refractivity contribution in [3.63, 3.8) is 0 Å². The molecule has 4 aromatic carbocycles. The molecule has 0 spiro atoms. The van der Waals surface area contributed by atoms with Gasteiger partial charge in [-0.3, -0.25) is 0 Å². The summed E-state index contributed by atoms with van der Waals surface area (Å²) < 4.78 is 16.7. The van der Waals surface area contributed by atoms with Gasteiger partial charge in [0.2, 0.25) is 0 Å². The molecular weight excluding hydrogens is 564 g/mol. The summed E-state index contributed by atoms with van der Waals surface area (Å²) in [4.78, 5) is 37.7. The monoisotopic (exact) mass is 606 g/mol. The van der Waals surface area contributed by atoms with Gasteiger partial charge in [-0.25, -0.2) is 14.4 Å². The third-order valence-electron chi connectivity index (χ3n) is 7.64. The smallest absolute Gasteiger partial charge is 0.343 e. The largest absolute Gasteiger partial charge is 0.459 e. The lowest BCUT2D eigenvalue weighted by Gasteiger charge is -2.13. The zero-order valence-electron chi connectivity index (χ0n) is 26.6. The summed E-state index contributed by atoms with van der Waals surface area (Å²) in [6.07, 6.45) is 5.69. The van der Waals surface area contributed by atoms with Gasteiger partial charge in [0.15, 0.2) is 0 Å². The molecule has 234 valence electrons. The highest BCUT2D eigenvalue weighted by molar-refractivity contribution is 5.92. The van der Waals surface area contributed by atoms with Crippen LogP contribution in [0.5, 0.6) is 5.75 Å². The van der Waals surface area contributed by atoms with Crippen molar-refractivity contribution in [3.8, 4) is 28.0 Å². The highest BCUT2D eigenvalue weighted by Gasteiger charge is 2.14. The Labute approximate surface area is 266 Å². The van der Waals surface area contributed by atoms with E-state index in [1.54, 1.807) is 48.5 Å². The van der Waals surface area contributed by atoms with Gasteiger partial charge in [-0.2, -0.15) is 0 Å². The van der Waals surface area contributed by atoms with Crippen LogP contribution in [0.2, 0.25) is 0 Å². The molecule has 0 saturated heterocycles. The van der Waals surface area contributed by atoms with Gasteiger partial charge in [0.25, 0.3) is 0 Å². The van der Waals surface area contributed by atoms with E-state index in [9.17, 15) is 14.4 Å². The van der Waals surface area contributed by atoms with E-state index in [2.05, 4.69) is 13.8 Å². The van der Waals surface area contributed by atoms with E-state index in [4.69, 9.17) is 14.2 Å². The molecule has 4 aromatic rings. The summed E-state index contributed by atoms with van der Waals surface area (Å²) in [7, 11) is 0. The van der Waals surface area contributed by atoms with E-state index in [-0.39, 0.29) is 24.1 Å². The number of rotatable bonds is 14. The maximum Gasteiger partial charge on any atom is 0.343 e. The Morgan fingerprint density at radius 1 is 0.489 bits per heavy atom. The lowest BCUT2D eigenvalue weighted by molar-refractivity contribution is 0.0310. The maximum absolute atomic E-state index is 12.8. The van der Waals surface area contributed by atoms with E-state index in [0.29, 0.717) is 22.4 Å². The van der Waals surface area contributed by atoms with Crippen LogP contribution in [0.3, 0.4) is 0 Å². The van der Waals surface area contributed by atoms with Crippen LogP contribution in [-0.4, -0.2) is 30.1 Å². The fraction of sp³-hybridized carbons (Fsp3) is 0.308. The van der Waals surface area contributed by atoms with E-state index >= 15 is 0 Å². The second-order valence-electron chi connectivity index (χ2n) is 11.4. The average molecular weight is 607 g/mol. The van der Waals surface area contributed by atoms with Gasteiger partial charge >= 0.3 is 17.9 Å². The number of unbranched alkanes of at least 4 members (excludes halogenated alkanes) is 2. The minimum atomic E-state index is -0.458. The molecule has 6 nitrogen and oxygen atoms in total. The molecule has 0 amide bonds. The van der Waals surface area contributed by atoms with E-state index < -0.39 is 5.97 Å². The molecule has 0 bridgehead atoms. The standard InChI is InChI=1S/C39H42O6/c1-5-7-9-27(3)43-37(40)33-17-11-29(12-18-33)30-15-21-35(22-16-30)39(42)45-36-25-23-32(24-26-36)31-13-19-34(20-14-31)38(41)44-28(4)10-8-6-2/h11-28H,5-10H2,1-4H3/t27-,28-/m0/s1. The first-order valence-corrected chi connectivity index (χ1v) is 15.8. The molecule has 45 heavy (non-hydrogen) atoms. The van der Waals surface area contributed by atoms with Crippen molar-refractivity contribution in [1.82, 2.24) is 0 Å². The van der Waals surface area contributed by atoms with Gasteiger partial charge in [-0.1, -0.05) is 88.1 Å². The molecule has 0 aliphatic carbocycles. The lowest BCUT2D eigenvalue weighted by Crippen LogP contribution is -2.14. The zero-order valence-corrected chi connectivity index (χ0v) is 26.6. The van der Waals surface area contributed by atoms with Crippen molar-refractivity contribution in [2.75, 3.05) is 0 Å². The molecule has 0 heterocycles. The van der Waals surface area contributed by atoms with E-state index in [1.165, 1.54) is 0 Å². The van der Waals surface area contributed by atoms with Crippen molar-refractivity contribution in [1.29, 1.82) is 0 Å². The van der Waals surface area contributed by atoms with Crippen LogP contribution >= 0.6 is 0 Å².